The van der Waals surface area contributed by atoms with Gasteiger partial charge >= 0.3 is 0 Å². The summed E-state index contributed by atoms with van der Waals surface area (Å²) >= 11 is 0. The maximum absolute atomic E-state index is 12.5. The number of anilines is 1. The van der Waals surface area contributed by atoms with Crippen LogP contribution in [0.5, 0.6) is 0 Å². The Hall–Kier alpha value is -1.07. The molecule has 1 aromatic carbocycles. The Morgan fingerprint density at radius 3 is 2.50 bits per heavy atom. The summed E-state index contributed by atoms with van der Waals surface area (Å²) in [5.74, 6) is 0.701. The number of nitrogens with two attached hydrogens (primary N) is 1. The highest BCUT2D eigenvalue weighted by molar-refractivity contribution is 7.89. The molecule has 0 heterocycles. The largest absolute Gasteiger partial charge is 0.398 e. The number of hydrogen-bond acceptors (Lipinski definition) is 3. The van der Waals surface area contributed by atoms with Gasteiger partial charge in [-0.1, -0.05) is 19.8 Å². The first-order valence-corrected chi connectivity index (χ1v) is 8.71. The van der Waals surface area contributed by atoms with Gasteiger partial charge in [0.05, 0.1) is 4.90 Å². The molecule has 0 bridgehead atoms. The molecule has 5 heteroatoms. The van der Waals surface area contributed by atoms with Crippen LogP contribution in [-0.4, -0.2) is 14.5 Å². The van der Waals surface area contributed by atoms with Crippen LogP contribution in [0.25, 0.3) is 0 Å². The van der Waals surface area contributed by atoms with Gasteiger partial charge in [-0.25, -0.2) is 13.1 Å². The maximum atomic E-state index is 12.5. The SMILES string of the molecule is CCC(CC1CC1)NS(=O)(=O)c1cc(C)c(C)c(N)c1. The number of nitrogens with one attached hydrogen (secondary N) is 1. The molecule has 0 saturated heterocycles. The molecule has 1 aliphatic carbocycles. The quantitative estimate of drug-likeness (QED) is 0.793. The van der Waals surface area contributed by atoms with E-state index >= 15 is 0 Å². The van der Waals surface area contributed by atoms with Gasteiger partial charge in [-0.05, 0) is 55.9 Å². The van der Waals surface area contributed by atoms with Crippen molar-refractivity contribution in [2.24, 2.45) is 5.92 Å². The van der Waals surface area contributed by atoms with E-state index < -0.39 is 10.0 Å². The normalized spacial score (nSPS) is 17.1. The van der Waals surface area contributed by atoms with Gasteiger partial charge in [0.1, 0.15) is 0 Å². The summed E-state index contributed by atoms with van der Waals surface area (Å²) in [5.41, 5.74) is 8.25. The van der Waals surface area contributed by atoms with Crippen LogP contribution in [0.15, 0.2) is 17.0 Å². The molecule has 0 aliphatic heterocycles. The van der Waals surface area contributed by atoms with E-state index in [1.807, 2.05) is 20.8 Å². The van der Waals surface area contributed by atoms with E-state index in [2.05, 4.69) is 4.72 Å². The smallest absolute Gasteiger partial charge is 0.240 e. The Kier molecular flexibility index (Phi) is 4.39. The average Bonchev–Trinajstić information content (AvgIpc) is 3.18. The summed E-state index contributed by atoms with van der Waals surface area (Å²) in [7, 11) is -3.48. The van der Waals surface area contributed by atoms with Crippen LogP contribution in [0.2, 0.25) is 0 Å². The molecular weight excluding hydrogens is 272 g/mol. The maximum Gasteiger partial charge on any atom is 0.240 e. The predicted octanol–water partition coefficient (Wildman–Crippen LogP) is 2.74. The number of sulfonamides is 1. The van der Waals surface area contributed by atoms with Crippen molar-refractivity contribution in [2.45, 2.75) is 57.4 Å². The molecule has 3 N–H and O–H groups in total. The Labute approximate surface area is 121 Å². The van der Waals surface area contributed by atoms with Gasteiger partial charge in [-0.15, -0.1) is 0 Å². The first kappa shape index (κ1) is 15.3. The van der Waals surface area contributed by atoms with Crippen LogP contribution in [0.1, 0.15) is 43.7 Å². The number of nitrogen functional groups attached to an aromatic ring is 1. The average molecular weight is 296 g/mol. The van der Waals surface area contributed by atoms with Crippen molar-refractivity contribution in [3.05, 3.63) is 23.3 Å². The van der Waals surface area contributed by atoms with Crippen LogP contribution < -0.4 is 10.5 Å². The van der Waals surface area contributed by atoms with Crippen molar-refractivity contribution in [3.8, 4) is 0 Å². The second kappa shape index (κ2) is 5.74. The van der Waals surface area contributed by atoms with E-state index in [4.69, 9.17) is 5.73 Å². The molecule has 2 rings (SSSR count). The summed E-state index contributed by atoms with van der Waals surface area (Å²) in [5, 5.41) is 0. The van der Waals surface area contributed by atoms with Gasteiger partial charge in [0.25, 0.3) is 0 Å². The molecule has 0 aromatic heterocycles. The molecule has 20 heavy (non-hydrogen) atoms. The second-order valence-corrected chi connectivity index (χ2v) is 7.57. The third-order valence-electron chi connectivity index (χ3n) is 4.12. The molecule has 1 unspecified atom stereocenters. The van der Waals surface area contributed by atoms with E-state index in [0.717, 1.165) is 24.0 Å². The molecule has 0 radical (unpaired) electrons. The van der Waals surface area contributed by atoms with E-state index in [0.29, 0.717) is 11.6 Å². The topological polar surface area (TPSA) is 72.2 Å². The van der Waals surface area contributed by atoms with Crippen molar-refractivity contribution in [1.29, 1.82) is 0 Å². The van der Waals surface area contributed by atoms with Gasteiger partial charge in [0.15, 0.2) is 0 Å². The molecular formula is C15H24N2O2S. The molecule has 4 nitrogen and oxygen atoms in total. The van der Waals surface area contributed by atoms with Crippen molar-refractivity contribution < 1.29 is 8.42 Å². The summed E-state index contributed by atoms with van der Waals surface area (Å²) < 4.78 is 27.7. The van der Waals surface area contributed by atoms with Gasteiger partial charge in [-0.2, -0.15) is 0 Å². The lowest BCUT2D eigenvalue weighted by molar-refractivity contribution is 0.495. The minimum atomic E-state index is -3.48. The second-order valence-electron chi connectivity index (χ2n) is 5.86. The van der Waals surface area contributed by atoms with Crippen molar-refractivity contribution in [1.82, 2.24) is 4.72 Å². The number of rotatable bonds is 6. The zero-order chi connectivity index (χ0) is 14.9. The fourth-order valence-electron chi connectivity index (χ4n) is 2.35. The Balaban J connectivity index is 2.20. The fourth-order valence-corrected chi connectivity index (χ4v) is 3.80. The molecule has 112 valence electrons. The third-order valence-corrected chi connectivity index (χ3v) is 5.62. The molecule has 1 atom stereocenters. The van der Waals surface area contributed by atoms with Crippen LogP contribution >= 0.6 is 0 Å². The van der Waals surface area contributed by atoms with Crippen molar-refractivity contribution in [3.63, 3.8) is 0 Å². The predicted molar refractivity (Wildman–Crippen MR) is 82.1 cm³/mol. The first-order valence-electron chi connectivity index (χ1n) is 7.22. The van der Waals surface area contributed by atoms with Gasteiger partial charge in [-0.3, -0.25) is 0 Å². The van der Waals surface area contributed by atoms with Crippen LogP contribution in [0.3, 0.4) is 0 Å². The first-order chi connectivity index (χ1) is 9.33. The molecule has 1 saturated carbocycles. The van der Waals surface area contributed by atoms with Crippen LogP contribution in [0, 0.1) is 19.8 Å². The van der Waals surface area contributed by atoms with Crippen LogP contribution in [0.4, 0.5) is 5.69 Å². The van der Waals surface area contributed by atoms with Crippen molar-refractivity contribution >= 4 is 15.7 Å². The Morgan fingerprint density at radius 2 is 2.00 bits per heavy atom. The lowest BCUT2D eigenvalue weighted by Crippen LogP contribution is -2.34. The summed E-state index contributed by atoms with van der Waals surface area (Å²) in [6, 6.07) is 3.27. The standard InChI is InChI=1S/C15H24N2O2S/c1-4-13(8-12-5-6-12)17-20(18,19)14-7-10(2)11(3)15(16)9-14/h7,9,12-13,17H,4-6,8,16H2,1-3H3. The minimum Gasteiger partial charge on any atom is -0.398 e. The zero-order valence-electron chi connectivity index (χ0n) is 12.4. The molecule has 1 fully saturated rings. The Bertz CT molecular complexity index is 569. The van der Waals surface area contributed by atoms with Gasteiger partial charge < -0.3 is 5.73 Å². The zero-order valence-corrected chi connectivity index (χ0v) is 13.3. The van der Waals surface area contributed by atoms with Gasteiger partial charge in [0, 0.05) is 11.7 Å². The third kappa shape index (κ3) is 3.52. The summed E-state index contributed by atoms with van der Waals surface area (Å²) in [4.78, 5) is 0.271. The van der Waals surface area contributed by atoms with Gasteiger partial charge in [0.2, 0.25) is 10.0 Å². The van der Waals surface area contributed by atoms with Crippen molar-refractivity contribution in [2.75, 3.05) is 5.73 Å². The highest BCUT2D eigenvalue weighted by atomic mass is 32.2. The Morgan fingerprint density at radius 1 is 1.35 bits per heavy atom. The lowest BCUT2D eigenvalue weighted by Gasteiger charge is -2.18. The van der Waals surface area contributed by atoms with E-state index in [-0.39, 0.29) is 10.9 Å². The minimum absolute atomic E-state index is 0.0235. The molecule has 0 amide bonds. The monoisotopic (exact) mass is 296 g/mol. The van der Waals surface area contributed by atoms with E-state index in [1.54, 1.807) is 12.1 Å². The number of hydrogen-bond donors (Lipinski definition) is 2. The molecule has 1 aromatic rings. The lowest BCUT2D eigenvalue weighted by atomic mass is 10.1. The fraction of sp³-hybridized carbons (Fsp3) is 0.600. The highest BCUT2D eigenvalue weighted by Crippen LogP contribution is 2.34. The number of aryl methyl sites for hydroxylation is 1. The van der Waals surface area contributed by atoms with E-state index in [9.17, 15) is 8.42 Å². The number of benzene rings is 1. The molecule has 1 aliphatic rings. The molecule has 0 spiro atoms. The summed E-state index contributed by atoms with van der Waals surface area (Å²) in [6.07, 6.45) is 4.22. The van der Waals surface area contributed by atoms with E-state index in [1.165, 1.54) is 12.8 Å². The highest BCUT2D eigenvalue weighted by Gasteiger charge is 2.27. The van der Waals surface area contributed by atoms with Crippen LogP contribution in [-0.2, 0) is 10.0 Å². The summed E-state index contributed by atoms with van der Waals surface area (Å²) in [6.45, 7) is 5.80.